The zero-order chi connectivity index (χ0) is 16.1. The zero-order valence-electron chi connectivity index (χ0n) is 13.1. The van der Waals surface area contributed by atoms with E-state index in [-0.39, 0.29) is 0 Å². The molecule has 0 radical (unpaired) electrons. The van der Waals surface area contributed by atoms with E-state index in [0.29, 0.717) is 18.1 Å². The maximum Gasteiger partial charge on any atom is 0.154 e. The van der Waals surface area contributed by atoms with E-state index in [9.17, 15) is 0 Å². The lowest BCUT2D eigenvalue weighted by atomic mass is 9.94. The third kappa shape index (κ3) is 3.63. The molecule has 1 atom stereocenters. The lowest BCUT2D eigenvalue weighted by molar-refractivity contribution is 0.177. The monoisotopic (exact) mass is 309 g/mol. The van der Waals surface area contributed by atoms with Gasteiger partial charge in [0.15, 0.2) is 5.82 Å². The minimum absolute atomic E-state index is 0.361. The van der Waals surface area contributed by atoms with E-state index in [1.54, 1.807) is 19.5 Å². The maximum atomic E-state index is 8.87. The molecule has 0 N–H and O–H groups in total. The average molecular weight is 309 g/mol. The topological polar surface area (TPSA) is 74.9 Å². The van der Waals surface area contributed by atoms with Crippen LogP contribution < -0.4 is 4.90 Å². The third-order valence-corrected chi connectivity index (χ3v) is 4.04. The van der Waals surface area contributed by atoms with Gasteiger partial charge in [-0.25, -0.2) is 15.0 Å². The highest BCUT2D eigenvalue weighted by Crippen LogP contribution is 2.28. The Bertz CT molecular complexity index is 695. The molecule has 0 spiro atoms. The van der Waals surface area contributed by atoms with Crippen molar-refractivity contribution < 1.29 is 4.74 Å². The number of ether oxygens (including phenoxy) is 1. The molecule has 118 valence electrons. The first-order chi connectivity index (χ1) is 11.3. The van der Waals surface area contributed by atoms with Crippen LogP contribution in [0.1, 0.15) is 35.8 Å². The van der Waals surface area contributed by atoms with Gasteiger partial charge < -0.3 is 9.64 Å². The molecule has 0 amide bonds. The number of anilines is 1. The SMILES string of the molecule is COCc1nccc(C2CCCN(c3ccc(C#N)cn3)C2)n1. The van der Waals surface area contributed by atoms with E-state index >= 15 is 0 Å². The molecule has 6 heteroatoms. The summed E-state index contributed by atoms with van der Waals surface area (Å²) in [7, 11) is 1.65. The number of nitrogens with zero attached hydrogens (tertiary/aromatic N) is 5. The van der Waals surface area contributed by atoms with Gasteiger partial charge in [0, 0.05) is 44.2 Å². The molecule has 2 aromatic rings. The molecule has 2 aromatic heterocycles. The van der Waals surface area contributed by atoms with Crippen LogP contribution in [0.25, 0.3) is 0 Å². The second-order valence-corrected chi connectivity index (χ2v) is 5.63. The molecule has 0 aromatic carbocycles. The van der Waals surface area contributed by atoms with Crippen molar-refractivity contribution in [3.63, 3.8) is 0 Å². The second kappa shape index (κ2) is 7.16. The Balaban J connectivity index is 1.75. The largest absolute Gasteiger partial charge is 0.377 e. The van der Waals surface area contributed by atoms with Crippen molar-refractivity contribution in [1.29, 1.82) is 5.26 Å². The molecule has 1 fully saturated rings. The van der Waals surface area contributed by atoms with Gasteiger partial charge in [-0.1, -0.05) is 0 Å². The van der Waals surface area contributed by atoms with Gasteiger partial charge in [-0.15, -0.1) is 0 Å². The number of hydrogen-bond donors (Lipinski definition) is 0. The quantitative estimate of drug-likeness (QED) is 0.862. The van der Waals surface area contributed by atoms with Gasteiger partial charge >= 0.3 is 0 Å². The van der Waals surface area contributed by atoms with Gasteiger partial charge in [0.2, 0.25) is 0 Å². The molecule has 1 aliphatic rings. The van der Waals surface area contributed by atoms with Crippen molar-refractivity contribution in [2.75, 3.05) is 25.1 Å². The fourth-order valence-electron chi connectivity index (χ4n) is 2.91. The van der Waals surface area contributed by atoms with E-state index < -0.39 is 0 Å². The van der Waals surface area contributed by atoms with Crippen LogP contribution in [0.15, 0.2) is 30.6 Å². The van der Waals surface area contributed by atoms with Crippen LogP contribution in [-0.2, 0) is 11.3 Å². The van der Waals surface area contributed by atoms with Crippen molar-refractivity contribution in [1.82, 2.24) is 15.0 Å². The fraction of sp³-hybridized carbons (Fsp3) is 0.412. The molecular formula is C17H19N5O. The number of aromatic nitrogens is 3. The Hall–Kier alpha value is -2.52. The zero-order valence-corrected chi connectivity index (χ0v) is 13.1. The number of nitriles is 1. The van der Waals surface area contributed by atoms with Gasteiger partial charge in [0.05, 0.1) is 5.56 Å². The highest BCUT2D eigenvalue weighted by atomic mass is 16.5. The summed E-state index contributed by atoms with van der Waals surface area (Å²) in [4.78, 5) is 15.5. The number of hydrogen-bond acceptors (Lipinski definition) is 6. The molecular weight excluding hydrogens is 290 g/mol. The summed E-state index contributed by atoms with van der Waals surface area (Å²) in [6.07, 6.45) is 5.63. The molecule has 0 aliphatic carbocycles. The van der Waals surface area contributed by atoms with Crippen molar-refractivity contribution in [3.05, 3.63) is 47.7 Å². The van der Waals surface area contributed by atoms with Gasteiger partial charge in [-0.3, -0.25) is 0 Å². The number of piperidine rings is 1. The number of rotatable bonds is 4. The molecule has 0 saturated carbocycles. The Kier molecular flexibility index (Phi) is 4.79. The standard InChI is InChI=1S/C17H19N5O/c1-23-12-16-19-7-6-15(21-16)14-3-2-8-22(11-14)17-5-4-13(9-18)10-20-17/h4-7,10,14H,2-3,8,11-12H2,1H3. The first-order valence-electron chi connectivity index (χ1n) is 7.72. The molecule has 1 unspecified atom stereocenters. The Morgan fingerprint density at radius 1 is 1.35 bits per heavy atom. The summed E-state index contributed by atoms with van der Waals surface area (Å²) in [6, 6.07) is 7.81. The highest BCUT2D eigenvalue weighted by molar-refractivity contribution is 5.43. The summed E-state index contributed by atoms with van der Waals surface area (Å²) in [5.41, 5.74) is 1.65. The summed E-state index contributed by atoms with van der Waals surface area (Å²) < 4.78 is 5.11. The van der Waals surface area contributed by atoms with Crippen LogP contribution in [0.4, 0.5) is 5.82 Å². The number of pyridine rings is 1. The van der Waals surface area contributed by atoms with Gasteiger partial charge in [0.25, 0.3) is 0 Å². The summed E-state index contributed by atoms with van der Waals surface area (Å²) >= 11 is 0. The Morgan fingerprint density at radius 3 is 3.00 bits per heavy atom. The predicted octanol–water partition coefficient (Wildman–Crippen LogP) is 2.27. The fourth-order valence-corrected chi connectivity index (χ4v) is 2.91. The smallest absolute Gasteiger partial charge is 0.154 e. The van der Waals surface area contributed by atoms with Crippen LogP contribution >= 0.6 is 0 Å². The van der Waals surface area contributed by atoms with Crippen molar-refractivity contribution in [2.45, 2.75) is 25.4 Å². The molecule has 3 rings (SSSR count). The summed E-state index contributed by atoms with van der Waals surface area (Å²) in [5, 5.41) is 8.87. The lowest BCUT2D eigenvalue weighted by Gasteiger charge is -2.33. The summed E-state index contributed by atoms with van der Waals surface area (Å²) in [6.45, 7) is 2.29. The van der Waals surface area contributed by atoms with Crippen LogP contribution in [0, 0.1) is 11.3 Å². The lowest BCUT2D eigenvalue weighted by Crippen LogP contribution is -2.35. The molecule has 1 saturated heterocycles. The summed E-state index contributed by atoms with van der Waals surface area (Å²) in [5.74, 6) is 2.00. The van der Waals surface area contributed by atoms with Gasteiger partial charge in [-0.05, 0) is 31.0 Å². The van der Waals surface area contributed by atoms with Crippen molar-refractivity contribution >= 4 is 5.82 Å². The van der Waals surface area contributed by atoms with Crippen molar-refractivity contribution in [3.8, 4) is 6.07 Å². The van der Waals surface area contributed by atoms with E-state index in [2.05, 4.69) is 25.9 Å². The predicted molar refractivity (Wildman–Crippen MR) is 85.9 cm³/mol. The van der Waals surface area contributed by atoms with Crippen LogP contribution in [0.5, 0.6) is 0 Å². The van der Waals surface area contributed by atoms with E-state index in [1.165, 1.54) is 0 Å². The Labute approximate surface area is 135 Å². The molecule has 3 heterocycles. The first-order valence-corrected chi connectivity index (χ1v) is 7.72. The third-order valence-electron chi connectivity index (χ3n) is 4.04. The Morgan fingerprint density at radius 2 is 2.26 bits per heavy atom. The molecule has 6 nitrogen and oxygen atoms in total. The first kappa shape index (κ1) is 15.4. The van der Waals surface area contributed by atoms with Crippen LogP contribution in [0.3, 0.4) is 0 Å². The van der Waals surface area contributed by atoms with E-state index in [0.717, 1.165) is 43.3 Å². The van der Waals surface area contributed by atoms with Crippen LogP contribution in [-0.4, -0.2) is 35.2 Å². The molecule has 1 aliphatic heterocycles. The maximum absolute atomic E-state index is 8.87. The molecule has 23 heavy (non-hydrogen) atoms. The molecule has 0 bridgehead atoms. The van der Waals surface area contributed by atoms with E-state index in [4.69, 9.17) is 10.00 Å². The minimum atomic E-state index is 0.361. The van der Waals surface area contributed by atoms with Gasteiger partial charge in [-0.2, -0.15) is 5.26 Å². The normalized spacial score (nSPS) is 17.7. The average Bonchev–Trinajstić information content (AvgIpc) is 2.62. The van der Waals surface area contributed by atoms with E-state index in [1.807, 2.05) is 18.2 Å². The van der Waals surface area contributed by atoms with Gasteiger partial charge in [0.1, 0.15) is 18.5 Å². The van der Waals surface area contributed by atoms with Crippen LogP contribution in [0.2, 0.25) is 0 Å². The highest BCUT2D eigenvalue weighted by Gasteiger charge is 2.23. The van der Waals surface area contributed by atoms with Crippen molar-refractivity contribution in [2.24, 2.45) is 0 Å². The number of methoxy groups -OCH3 is 1. The minimum Gasteiger partial charge on any atom is -0.377 e. The second-order valence-electron chi connectivity index (χ2n) is 5.63.